The molecule has 0 aliphatic carbocycles. The van der Waals surface area contributed by atoms with E-state index >= 15 is 0 Å². The van der Waals surface area contributed by atoms with Crippen LogP contribution in [0.5, 0.6) is 0 Å². The molecule has 6 heteroatoms. The van der Waals surface area contributed by atoms with Crippen molar-refractivity contribution in [3.05, 3.63) is 18.2 Å². The Morgan fingerprint density at radius 3 is 2.13 bits per heavy atom. The molecule has 1 rings (SSSR count). The number of rotatable bonds is 2. The zero-order valence-corrected chi connectivity index (χ0v) is 11.2. The van der Waals surface area contributed by atoms with Gasteiger partial charge in [0.25, 0.3) is 0 Å². The third kappa shape index (κ3) is 2.96. The molecule has 0 aliphatic rings. The number of benzene rings is 1. The topological polar surface area (TPSA) is 54.4 Å². The molecule has 0 heterocycles. The van der Waals surface area contributed by atoms with Crippen molar-refractivity contribution < 1.29 is 13.0 Å². The Labute approximate surface area is 101 Å². The Bertz CT molecular complexity index is 477. The van der Waals surface area contributed by atoms with Crippen LogP contribution in [0.1, 0.15) is 0 Å². The summed E-state index contributed by atoms with van der Waals surface area (Å²) in [5, 5.41) is 0.782. The van der Waals surface area contributed by atoms with Crippen molar-refractivity contribution >= 4 is 45.3 Å². The minimum atomic E-state index is -4.11. The Balaban J connectivity index is 3.63. The van der Waals surface area contributed by atoms with Gasteiger partial charge in [-0.1, -0.05) is 0 Å². The summed E-state index contributed by atoms with van der Waals surface area (Å²) in [6.45, 7) is 6.16. The van der Waals surface area contributed by atoms with Crippen LogP contribution in [0.25, 0.3) is 0 Å². The first-order valence-corrected chi connectivity index (χ1v) is 9.65. The zero-order valence-electron chi connectivity index (χ0n) is 9.40. The fourth-order valence-electron chi connectivity index (χ4n) is 1.59. The summed E-state index contributed by atoms with van der Waals surface area (Å²) in [7, 11) is -5.87. The molecule has 0 aliphatic heterocycles. The van der Waals surface area contributed by atoms with Gasteiger partial charge in [0.15, 0.2) is 0 Å². The molecule has 15 heavy (non-hydrogen) atoms. The van der Waals surface area contributed by atoms with Gasteiger partial charge in [-0.3, -0.25) is 0 Å². The Morgan fingerprint density at radius 2 is 1.80 bits per heavy atom. The molecule has 78 valence electrons. The first-order valence-electron chi connectivity index (χ1n) is 4.71. The molecule has 1 aromatic rings. The molecule has 0 aromatic heterocycles. The van der Waals surface area contributed by atoms with Crippen LogP contribution in [0.3, 0.4) is 0 Å². The normalized spacial score (nSPS) is 12.9. The molecular weight excluding hydrogens is 223 g/mol. The summed E-state index contributed by atoms with van der Waals surface area (Å²) in [6.07, 6.45) is 0. The van der Waals surface area contributed by atoms with Crippen molar-refractivity contribution in [3.8, 4) is 0 Å². The molecule has 0 saturated heterocycles. The predicted molar refractivity (Wildman–Crippen MR) is 64.6 cm³/mol. The molecule has 1 aromatic carbocycles. The first kappa shape index (κ1) is 13.0. The van der Waals surface area contributed by atoms with Gasteiger partial charge >= 0.3 is 101 Å². The van der Waals surface area contributed by atoms with E-state index < -0.39 is 18.2 Å². The van der Waals surface area contributed by atoms with Crippen LogP contribution in [0.15, 0.2) is 23.1 Å². The predicted octanol–water partition coefficient (Wildman–Crippen LogP) is 0.272. The quantitative estimate of drug-likeness (QED) is 0.592. The number of hydrogen-bond donors (Lipinski definition) is 1. The van der Waals surface area contributed by atoms with E-state index in [1.165, 1.54) is 0 Å². The van der Waals surface area contributed by atoms with E-state index in [4.69, 9.17) is 0 Å². The standard InChI is InChI=1S/C9H13O3SSi.Li/c1-14(2,3)9-7-5-4-6-8(9)13(10,11)12;/h4-5,7H,1-3H3,(H,10,11,12);. The summed E-state index contributed by atoms with van der Waals surface area (Å²) >= 11 is 1.70. The van der Waals surface area contributed by atoms with Crippen LogP contribution in [-0.4, -0.2) is 38.8 Å². The van der Waals surface area contributed by atoms with Gasteiger partial charge in [0, 0.05) is 0 Å². The Hall–Kier alpha value is -0.0557. The number of hydrogen-bond acceptors (Lipinski definition) is 2. The molecule has 0 bridgehead atoms. The van der Waals surface area contributed by atoms with Gasteiger partial charge in [-0.25, -0.2) is 0 Å². The fourth-order valence-corrected chi connectivity index (χ4v) is 5.19. The summed E-state index contributed by atoms with van der Waals surface area (Å²) < 4.78 is 32.4. The summed E-state index contributed by atoms with van der Waals surface area (Å²) in [5.41, 5.74) is 0. The third-order valence-corrected chi connectivity index (χ3v) is 5.55. The van der Waals surface area contributed by atoms with Crippen molar-refractivity contribution in [1.29, 1.82) is 0 Å². The SMILES string of the molecule is [Li][c]1cccc([Si](C)(C)C)c1S(=O)(=O)O. The van der Waals surface area contributed by atoms with E-state index in [0.717, 1.165) is 5.19 Å². The van der Waals surface area contributed by atoms with Gasteiger partial charge in [-0.2, -0.15) is 0 Å². The van der Waals surface area contributed by atoms with Crippen LogP contribution in [0, 0.1) is 0 Å². The van der Waals surface area contributed by atoms with Gasteiger partial charge < -0.3 is 0 Å². The monoisotopic (exact) mass is 236 g/mol. The van der Waals surface area contributed by atoms with Gasteiger partial charge in [0.1, 0.15) is 0 Å². The zero-order chi connectivity index (χ0) is 11.9. The van der Waals surface area contributed by atoms with Crippen LogP contribution in [-0.2, 0) is 10.1 Å². The van der Waals surface area contributed by atoms with E-state index in [0.29, 0.717) is 4.24 Å². The van der Waals surface area contributed by atoms with Gasteiger partial charge in [-0.15, -0.1) is 0 Å². The van der Waals surface area contributed by atoms with E-state index in [-0.39, 0.29) is 4.90 Å². The van der Waals surface area contributed by atoms with Gasteiger partial charge in [0.05, 0.1) is 0 Å². The van der Waals surface area contributed by atoms with E-state index in [2.05, 4.69) is 19.6 Å². The molecule has 0 radical (unpaired) electrons. The molecular formula is C9H13LiO3SSi. The average molecular weight is 236 g/mol. The maximum absolute atomic E-state index is 11.3. The molecule has 0 fully saturated rings. The van der Waals surface area contributed by atoms with Crippen molar-refractivity contribution in [3.63, 3.8) is 0 Å². The average Bonchev–Trinajstić information content (AvgIpc) is 1.99. The van der Waals surface area contributed by atoms with Crippen LogP contribution >= 0.6 is 0 Å². The maximum atomic E-state index is 11.3. The molecule has 0 amide bonds. The van der Waals surface area contributed by atoms with Crippen molar-refractivity contribution in [2.24, 2.45) is 0 Å². The van der Waals surface area contributed by atoms with Gasteiger partial charge in [0.2, 0.25) is 0 Å². The van der Waals surface area contributed by atoms with Crippen molar-refractivity contribution in [2.45, 2.75) is 24.5 Å². The summed E-state index contributed by atoms with van der Waals surface area (Å²) in [4.78, 5) is 0.101. The molecule has 0 spiro atoms. The Morgan fingerprint density at radius 1 is 1.27 bits per heavy atom. The molecule has 0 saturated carbocycles. The molecule has 0 unspecified atom stereocenters. The first-order chi connectivity index (χ1) is 6.64. The van der Waals surface area contributed by atoms with Crippen LogP contribution in [0.4, 0.5) is 0 Å². The van der Waals surface area contributed by atoms with E-state index in [1.54, 1.807) is 29.8 Å². The molecule has 1 N–H and O–H groups in total. The summed E-state index contributed by atoms with van der Waals surface area (Å²) in [5.74, 6) is 0. The molecule has 3 nitrogen and oxygen atoms in total. The van der Waals surface area contributed by atoms with E-state index in [9.17, 15) is 13.0 Å². The van der Waals surface area contributed by atoms with Crippen molar-refractivity contribution in [2.75, 3.05) is 0 Å². The van der Waals surface area contributed by atoms with E-state index in [1.807, 2.05) is 6.07 Å². The third-order valence-electron chi connectivity index (χ3n) is 2.28. The second-order valence-electron chi connectivity index (χ2n) is 4.68. The molecule has 0 atom stereocenters. The second-order valence-corrected chi connectivity index (χ2v) is 11.1. The van der Waals surface area contributed by atoms with Crippen molar-refractivity contribution in [1.82, 2.24) is 0 Å². The van der Waals surface area contributed by atoms with Gasteiger partial charge in [-0.05, 0) is 0 Å². The van der Waals surface area contributed by atoms with Crippen LogP contribution < -0.4 is 9.42 Å². The summed E-state index contributed by atoms with van der Waals surface area (Å²) in [6, 6.07) is 5.33. The Kier molecular flexibility index (Phi) is 3.53. The minimum absolute atomic E-state index is 0.101. The fraction of sp³-hybridized carbons (Fsp3) is 0.333. The van der Waals surface area contributed by atoms with Crippen LogP contribution in [0.2, 0.25) is 19.6 Å². The second kappa shape index (κ2) is 4.08.